The molecule has 1 saturated heterocycles. The first-order valence-electron chi connectivity index (χ1n) is 10.3. The first-order valence-corrected chi connectivity index (χ1v) is 10.3. The number of benzene rings is 1. The second-order valence-electron chi connectivity index (χ2n) is 7.29. The second-order valence-corrected chi connectivity index (χ2v) is 7.29. The van der Waals surface area contributed by atoms with Crippen LogP contribution >= 0.6 is 0 Å². The van der Waals surface area contributed by atoms with E-state index < -0.39 is 0 Å². The van der Waals surface area contributed by atoms with Gasteiger partial charge in [-0.25, -0.2) is 15.0 Å². The zero-order chi connectivity index (χ0) is 21.5. The van der Waals surface area contributed by atoms with Gasteiger partial charge >= 0.3 is 0 Å². The van der Waals surface area contributed by atoms with E-state index >= 15 is 0 Å². The molecule has 9 nitrogen and oxygen atoms in total. The van der Waals surface area contributed by atoms with Gasteiger partial charge < -0.3 is 20.6 Å². The lowest BCUT2D eigenvalue weighted by Gasteiger charge is -2.24. The molecule has 0 saturated carbocycles. The Morgan fingerprint density at radius 3 is 2.68 bits per heavy atom. The van der Waals surface area contributed by atoms with E-state index in [1.807, 2.05) is 35.2 Å². The maximum Gasteiger partial charge on any atom is 0.256 e. The second kappa shape index (κ2) is 9.94. The number of carbonyl (C=O) groups is 1. The fourth-order valence-corrected chi connectivity index (χ4v) is 3.56. The fourth-order valence-electron chi connectivity index (χ4n) is 3.56. The summed E-state index contributed by atoms with van der Waals surface area (Å²) in [6.07, 6.45) is 6.66. The average molecular weight is 419 g/mol. The van der Waals surface area contributed by atoms with Crippen molar-refractivity contribution >= 4 is 17.7 Å². The van der Waals surface area contributed by atoms with Crippen LogP contribution in [0.15, 0.2) is 55.0 Å². The molecule has 3 heterocycles. The van der Waals surface area contributed by atoms with E-state index in [2.05, 4.69) is 30.6 Å². The molecule has 3 aromatic rings. The van der Waals surface area contributed by atoms with Gasteiger partial charge in [0.2, 0.25) is 5.95 Å². The molecule has 4 rings (SSSR count). The molecule has 1 atom stereocenters. The average Bonchev–Trinajstić information content (AvgIpc) is 3.31. The van der Waals surface area contributed by atoms with Crippen molar-refractivity contribution in [3.05, 3.63) is 71.9 Å². The van der Waals surface area contributed by atoms with E-state index in [1.165, 1.54) is 6.20 Å². The van der Waals surface area contributed by atoms with Gasteiger partial charge in [0.25, 0.3) is 5.91 Å². The van der Waals surface area contributed by atoms with E-state index in [-0.39, 0.29) is 25.1 Å². The summed E-state index contributed by atoms with van der Waals surface area (Å²) in [6.45, 7) is 1.55. The van der Waals surface area contributed by atoms with Crippen molar-refractivity contribution < 1.29 is 9.90 Å². The first kappa shape index (κ1) is 20.7. The monoisotopic (exact) mass is 419 g/mol. The molecule has 2 aromatic heterocycles. The van der Waals surface area contributed by atoms with Crippen LogP contribution in [-0.2, 0) is 13.1 Å². The summed E-state index contributed by atoms with van der Waals surface area (Å²) in [5, 5.41) is 15.7. The van der Waals surface area contributed by atoms with E-state index in [4.69, 9.17) is 0 Å². The maximum absolute atomic E-state index is 12.9. The zero-order valence-corrected chi connectivity index (χ0v) is 17.1. The highest BCUT2D eigenvalue weighted by Gasteiger charge is 2.27. The number of aromatic nitrogens is 4. The standard InChI is InChI=1S/C22H25N7O2/c30-15-17-8-4-11-29(17)22-27-13-18(21(31)26-14-19-23-9-5-10-24-19)20(28-22)25-12-16-6-2-1-3-7-16/h1-3,5-7,9-10,13,17,30H,4,8,11-12,14-15H2,(H,26,31)(H,25,27,28)/t17-/m0/s1. The van der Waals surface area contributed by atoms with Gasteiger partial charge in [-0.05, 0) is 24.5 Å². The molecule has 0 aliphatic carbocycles. The molecule has 9 heteroatoms. The molecule has 31 heavy (non-hydrogen) atoms. The number of aliphatic hydroxyl groups is 1. The van der Waals surface area contributed by atoms with Gasteiger partial charge in [-0.2, -0.15) is 4.98 Å². The third kappa shape index (κ3) is 5.13. The number of aliphatic hydroxyl groups excluding tert-OH is 1. The number of hydrogen-bond acceptors (Lipinski definition) is 8. The number of rotatable bonds is 8. The van der Waals surface area contributed by atoms with E-state index in [0.29, 0.717) is 29.7 Å². The lowest BCUT2D eigenvalue weighted by atomic mass is 10.2. The lowest BCUT2D eigenvalue weighted by molar-refractivity contribution is 0.0950. The number of nitrogens with zero attached hydrogens (tertiary/aromatic N) is 5. The Kier molecular flexibility index (Phi) is 6.63. The van der Waals surface area contributed by atoms with Crippen LogP contribution in [0.1, 0.15) is 34.6 Å². The minimum absolute atomic E-state index is 0.00289. The number of anilines is 2. The Hall–Kier alpha value is -3.59. The van der Waals surface area contributed by atoms with Gasteiger partial charge in [-0.1, -0.05) is 30.3 Å². The summed E-state index contributed by atoms with van der Waals surface area (Å²) in [5.74, 6) is 1.17. The van der Waals surface area contributed by atoms with Gasteiger partial charge in [0.1, 0.15) is 17.2 Å². The molecular formula is C22H25N7O2. The molecular weight excluding hydrogens is 394 g/mol. The summed E-state index contributed by atoms with van der Waals surface area (Å²) in [6, 6.07) is 11.6. The first-order chi connectivity index (χ1) is 15.2. The quantitative estimate of drug-likeness (QED) is 0.506. The smallest absolute Gasteiger partial charge is 0.256 e. The highest BCUT2D eigenvalue weighted by Crippen LogP contribution is 2.24. The summed E-state index contributed by atoms with van der Waals surface area (Å²) in [4.78, 5) is 32.2. The summed E-state index contributed by atoms with van der Waals surface area (Å²) in [5.41, 5.74) is 1.41. The number of nitrogens with one attached hydrogen (secondary N) is 2. The van der Waals surface area contributed by atoms with Crippen LogP contribution < -0.4 is 15.5 Å². The Morgan fingerprint density at radius 1 is 1.10 bits per heavy atom. The van der Waals surface area contributed by atoms with E-state index in [0.717, 1.165) is 24.9 Å². The summed E-state index contributed by atoms with van der Waals surface area (Å²) < 4.78 is 0. The third-order valence-electron chi connectivity index (χ3n) is 5.19. The van der Waals surface area contributed by atoms with Crippen molar-refractivity contribution in [2.45, 2.75) is 32.0 Å². The van der Waals surface area contributed by atoms with Crippen molar-refractivity contribution in [3.8, 4) is 0 Å². The van der Waals surface area contributed by atoms with Gasteiger partial charge in [0.05, 0.1) is 19.2 Å². The van der Waals surface area contributed by atoms with Crippen molar-refractivity contribution in [1.29, 1.82) is 0 Å². The predicted octanol–water partition coefficient (Wildman–Crippen LogP) is 1.77. The largest absolute Gasteiger partial charge is 0.394 e. The Balaban J connectivity index is 1.55. The molecule has 1 aromatic carbocycles. The van der Waals surface area contributed by atoms with Crippen molar-refractivity contribution in [2.24, 2.45) is 0 Å². The van der Waals surface area contributed by atoms with Crippen LogP contribution in [-0.4, -0.2) is 50.1 Å². The van der Waals surface area contributed by atoms with Crippen molar-refractivity contribution in [1.82, 2.24) is 25.3 Å². The van der Waals surface area contributed by atoms with Crippen LogP contribution in [0.5, 0.6) is 0 Å². The molecule has 0 radical (unpaired) electrons. The molecule has 0 spiro atoms. The highest BCUT2D eigenvalue weighted by molar-refractivity contribution is 5.98. The van der Waals surface area contributed by atoms with Crippen LogP contribution in [0.25, 0.3) is 0 Å². The Bertz CT molecular complexity index is 1000. The molecule has 3 N–H and O–H groups in total. The number of carbonyl (C=O) groups excluding carboxylic acids is 1. The zero-order valence-electron chi connectivity index (χ0n) is 17.1. The van der Waals surface area contributed by atoms with Crippen molar-refractivity contribution in [2.75, 3.05) is 23.4 Å². The normalized spacial score (nSPS) is 15.6. The van der Waals surface area contributed by atoms with Crippen LogP contribution in [0.4, 0.5) is 11.8 Å². The van der Waals surface area contributed by atoms with E-state index in [9.17, 15) is 9.90 Å². The minimum atomic E-state index is -0.310. The molecule has 0 unspecified atom stereocenters. The molecule has 0 bridgehead atoms. The molecule has 1 aliphatic rings. The fraction of sp³-hybridized carbons (Fsp3) is 0.318. The maximum atomic E-state index is 12.9. The van der Waals surface area contributed by atoms with Gasteiger partial charge in [-0.15, -0.1) is 0 Å². The predicted molar refractivity (Wildman–Crippen MR) is 116 cm³/mol. The molecule has 160 valence electrons. The SMILES string of the molecule is O=C(NCc1ncccn1)c1cnc(N2CCC[C@H]2CO)nc1NCc1ccccc1. The van der Waals surface area contributed by atoms with Crippen LogP contribution in [0.2, 0.25) is 0 Å². The topological polar surface area (TPSA) is 116 Å². The number of hydrogen-bond donors (Lipinski definition) is 3. The minimum Gasteiger partial charge on any atom is -0.394 e. The van der Waals surface area contributed by atoms with Gasteiger partial charge in [0.15, 0.2) is 0 Å². The number of amides is 1. The van der Waals surface area contributed by atoms with Gasteiger partial charge in [0, 0.05) is 31.7 Å². The third-order valence-corrected chi connectivity index (χ3v) is 5.19. The molecule has 1 amide bonds. The summed E-state index contributed by atoms with van der Waals surface area (Å²) in [7, 11) is 0. The molecule has 1 fully saturated rings. The Morgan fingerprint density at radius 2 is 1.90 bits per heavy atom. The Labute approximate surface area is 180 Å². The summed E-state index contributed by atoms with van der Waals surface area (Å²) >= 11 is 0. The van der Waals surface area contributed by atoms with Crippen LogP contribution in [0, 0.1) is 0 Å². The van der Waals surface area contributed by atoms with Gasteiger partial charge in [-0.3, -0.25) is 4.79 Å². The molecule has 1 aliphatic heterocycles. The van der Waals surface area contributed by atoms with E-state index in [1.54, 1.807) is 18.5 Å². The van der Waals surface area contributed by atoms with Crippen LogP contribution in [0.3, 0.4) is 0 Å². The van der Waals surface area contributed by atoms with Crippen molar-refractivity contribution in [3.63, 3.8) is 0 Å². The highest BCUT2D eigenvalue weighted by atomic mass is 16.3. The lowest BCUT2D eigenvalue weighted by Crippen LogP contribution is -2.34.